The second-order valence-electron chi connectivity index (χ2n) is 9.60. The summed E-state index contributed by atoms with van der Waals surface area (Å²) < 4.78 is 20.5. The zero-order valence-corrected chi connectivity index (χ0v) is 19.9. The first-order chi connectivity index (χ1) is 15.8. The van der Waals surface area contributed by atoms with Crippen LogP contribution in [0.3, 0.4) is 0 Å². The van der Waals surface area contributed by atoms with E-state index in [1.807, 2.05) is 6.07 Å². The van der Waals surface area contributed by atoms with Gasteiger partial charge in [-0.05, 0) is 75.4 Å². The molecule has 5 nitrogen and oxygen atoms in total. The lowest BCUT2D eigenvalue weighted by atomic mass is 9.70. The highest BCUT2D eigenvalue weighted by Gasteiger charge is 2.38. The Hall–Kier alpha value is -2.15. The number of hydrogen-bond donors (Lipinski definition) is 2. The molecule has 0 aromatic heterocycles. The van der Waals surface area contributed by atoms with Crippen molar-refractivity contribution >= 4 is 17.6 Å². The number of carbonyl (C=O) groups is 1. The number of nitrogens with zero attached hydrogens (tertiary/aromatic N) is 1. The molecular weight excluding hydrogens is 443 g/mol. The maximum atomic E-state index is 14.6. The Labute approximate surface area is 199 Å². The summed E-state index contributed by atoms with van der Waals surface area (Å²) in [4.78, 5) is 13.5. The Balaban J connectivity index is 1.43. The van der Waals surface area contributed by atoms with Crippen LogP contribution in [0.15, 0.2) is 42.5 Å². The standard InChI is InChI=1S/C26H32ClFN2O3/c1-30(2)26(19-6-4-3-5-7-19)10-8-17(9-11-26)12-18-13-21(28)24(27)23(14-18)33-20-15-22(25(31)32)29-16-20/h3-7,13-14,17,20,22,29H,8-12,15-16H2,1-2H3,(H,31,32)/t17?,20-,22-,26?/m0/s1. The van der Waals surface area contributed by atoms with Gasteiger partial charge in [0.1, 0.15) is 28.7 Å². The van der Waals surface area contributed by atoms with Crippen LogP contribution >= 0.6 is 11.6 Å². The van der Waals surface area contributed by atoms with E-state index >= 15 is 0 Å². The molecule has 2 aromatic rings. The van der Waals surface area contributed by atoms with Gasteiger partial charge in [-0.15, -0.1) is 0 Å². The smallest absolute Gasteiger partial charge is 0.320 e. The molecule has 2 N–H and O–H groups in total. The van der Waals surface area contributed by atoms with E-state index in [0.717, 1.165) is 37.7 Å². The summed E-state index contributed by atoms with van der Waals surface area (Å²) in [5.41, 5.74) is 2.26. The highest BCUT2D eigenvalue weighted by Crippen LogP contribution is 2.44. The van der Waals surface area contributed by atoms with Crippen molar-refractivity contribution in [3.63, 3.8) is 0 Å². The minimum Gasteiger partial charge on any atom is -0.487 e. The van der Waals surface area contributed by atoms with Gasteiger partial charge in [0.2, 0.25) is 0 Å². The number of carboxylic acid groups (broad SMARTS) is 1. The van der Waals surface area contributed by atoms with Crippen LogP contribution in [0.5, 0.6) is 5.75 Å². The molecule has 2 aliphatic rings. The van der Waals surface area contributed by atoms with E-state index in [-0.39, 0.29) is 16.7 Å². The SMILES string of the molecule is CN(C)C1(c2ccccc2)CCC(Cc2cc(F)c(Cl)c(O[C@@H]3CN[C@H](C(=O)O)C3)c2)CC1. The third kappa shape index (κ3) is 5.18. The van der Waals surface area contributed by atoms with Gasteiger partial charge < -0.3 is 15.2 Å². The highest BCUT2D eigenvalue weighted by molar-refractivity contribution is 6.32. The van der Waals surface area contributed by atoms with Gasteiger partial charge in [0, 0.05) is 18.5 Å². The van der Waals surface area contributed by atoms with Crippen molar-refractivity contribution in [2.24, 2.45) is 5.92 Å². The fourth-order valence-corrected chi connectivity index (χ4v) is 5.57. The third-order valence-corrected chi connectivity index (χ3v) is 7.73. The van der Waals surface area contributed by atoms with Gasteiger partial charge in [-0.3, -0.25) is 9.69 Å². The molecule has 0 amide bonds. The Morgan fingerprint density at radius 2 is 1.94 bits per heavy atom. The average Bonchev–Trinajstić information content (AvgIpc) is 3.27. The predicted molar refractivity (Wildman–Crippen MR) is 127 cm³/mol. The molecule has 1 aliphatic carbocycles. The van der Waals surface area contributed by atoms with Crippen LogP contribution in [0.25, 0.3) is 0 Å². The van der Waals surface area contributed by atoms with Crippen molar-refractivity contribution in [1.29, 1.82) is 0 Å². The summed E-state index contributed by atoms with van der Waals surface area (Å²) in [7, 11) is 4.30. The topological polar surface area (TPSA) is 61.8 Å². The van der Waals surface area contributed by atoms with E-state index in [9.17, 15) is 9.18 Å². The lowest BCUT2D eigenvalue weighted by Gasteiger charge is -2.45. The molecule has 2 aromatic carbocycles. The second-order valence-corrected chi connectivity index (χ2v) is 9.98. The first-order valence-electron chi connectivity index (χ1n) is 11.6. The number of ether oxygens (including phenoxy) is 1. The van der Waals surface area contributed by atoms with Crippen LogP contribution in [-0.4, -0.2) is 48.8 Å². The van der Waals surface area contributed by atoms with E-state index in [1.54, 1.807) is 0 Å². The van der Waals surface area contributed by atoms with Crippen LogP contribution in [0, 0.1) is 11.7 Å². The molecule has 1 saturated heterocycles. The largest absolute Gasteiger partial charge is 0.487 e. The van der Waals surface area contributed by atoms with Gasteiger partial charge >= 0.3 is 5.97 Å². The summed E-state index contributed by atoms with van der Waals surface area (Å²) in [5.74, 6) is -0.645. The third-order valence-electron chi connectivity index (χ3n) is 7.36. The van der Waals surface area contributed by atoms with Gasteiger partial charge in [0.05, 0.1) is 0 Å². The molecule has 33 heavy (non-hydrogen) atoms. The Morgan fingerprint density at radius 3 is 2.55 bits per heavy atom. The van der Waals surface area contributed by atoms with Gasteiger partial charge in [-0.2, -0.15) is 0 Å². The lowest BCUT2D eigenvalue weighted by molar-refractivity contribution is -0.139. The molecule has 1 aliphatic heterocycles. The van der Waals surface area contributed by atoms with Crippen LogP contribution in [-0.2, 0) is 16.8 Å². The highest BCUT2D eigenvalue weighted by atomic mass is 35.5. The summed E-state index contributed by atoms with van der Waals surface area (Å²) in [5, 5.41) is 12.0. The Morgan fingerprint density at radius 1 is 1.24 bits per heavy atom. The van der Waals surface area contributed by atoms with Gasteiger partial charge in [-0.25, -0.2) is 4.39 Å². The number of nitrogens with one attached hydrogen (secondary N) is 1. The number of aliphatic carboxylic acids is 1. The van der Waals surface area contributed by atoms with E-state index in [2.05, 4.69) is 54.6 Å². The van der Waals surface area contributed by atoms with Crippen molar-refractivity contribution in [2.45, 2.75) is 56.2 Å². The normalized spacial score (nSPS) is 27.6. The monoisotopic (exact) mass is 474 g/mol. The number of rotatable bonds is 7. The van der Waals surface area contributed by atoms with Crippen LogP contribution in [0.4, 0.5) is 4.39 Å². The number of hydrogen-bond acceptors (Lipinski definition) is 4. The van der Waals surface area contributed by atoms with Gasteiger partial charge in [0.25, 0.3) is 0 Å². The molecule has 1 heterocycles. The quantitative estimate of drug-likeness (QED) is 0.600. The molecule has 1 saturated carbocycles. The zero-order valence-electron chi connectivity index (χ0n) is 19.2. The lowest BCUT2D eigenvalue weighted by Crippen LogP contribution is -2.44. The molecule has 0 spiro atoms. The van der Waals surface area contributed by atoms with E-state index < -0.39 is 17.8 Å². The van der Waals surface area contributed by atoms with Crippen molar-refractivity contribution in [3.8, 4) is 5.75 Å². The Kier molecular flexibility index (Phi) is 7.27. The van der Waals surface area contributed by atoms with Crippen molar-refractivity contribution in [2.75, 3.05) is 20.6 Å². The minimum atomic E-state index is -0.909. The molecule has 0 bridgehead atoms. The molecule has 0 radical (unpaired) electrons. The zero-order chi connectivity index (χ0) is 23.6. The first kappa shape index (κ1) is 24.0. The van der Waals surface area contributed by atoms with E-state index in [0.29, 0.717) is 24.6 Å². The molecular formula is C26H32ClFN2O3. The Bertz CT molecular complexity index is 977. The molecule has 178 valence electrons. The van der Waals surface area contributed by atoms with Gasteiger partial charge in [-0.1, -0.05) is 41.9 Å². The van der Waals surface area contributed by atoms with Crippen molar-refractivity contribution in [3.05, 3.63) is 64.4 Å². The summed E-state index contributed by atoms with van der Waals surface area (Å²) in [6.07, 6.45) is 4.97. The summed E-state index contributed by atoms with van der Waals surface area (Å²) in [6, 6.07) is 13.4. The van der Waals surface area contributed by atoms with Crippen molar-refractivity contribution < 1.29 is 19.0 Å². The molecule has 2 atom stereocenters. The summed E-state index contributed by atoms with van der Waals surface area (Å²) >= 11 is 6.18. The van der Waals surface area contributed by atoms with Crippen LogP contribution in [0.2, 0.25) is 5.02 Å². The number of benzene rings is 2. The van der Waals surface area contributed by atoms with E-state index in [4.69, 9.17) is 21.4 Å². The van der Waals surface area contributed by atoms with E-state index in [1.165, 1.54) is 11.6 Å². The fourth-order valence-electron chi connectivity index (χ4n) is 5.42. The molecule has 7 heteroatoms. The maximum Gasteiger partial charge on any atom is 0.320 e. The second kappa shape index (κ2) is 10.00. The average molecular weight is 475 g/mol. The minimum absolute atomic E-state index is 0.0352. The van der Waals surface area contributed by atoms with Crippen LogP contribution in [0.1, 0.15) is 43.2 Å². The first-order valence-corrected chi connectivity index (χ1v) is 12.0. The van der Waals surface area contributed by atoms with Crippen LogP contribution < -0.4 is 10.1 Å². The van der Waals surface area contributed by atoms with Crippen molar-refractivity contribution in [1.82, 2.24) is 10.2 Å². The molecule has 2 fully saturated rings. The molecule has 4 rings (SSSR count). The van der Waals surface area contributed by atoms with Gasteiger partial charge in [0.15, 0.2) is 0 Å². The molecule has 0 unspecified atom stereocenters. The summed E-state index contributed by atoms with van der Waals surface area (Å²) in [6.45, 7) is 0.397. The predicted octanol–water partition coefficient (Wildman–Crippen LogP) is 4.86. The number of carboxylic acids is 1. The fraction of sp³-hybridized carbons (Fsp3) is 0.500. The number of halogens is 2. The maximum absolute atomic E-state index is 14.6.